The SMILES string of the molecule is Cc1cc(Cl)nc(C)c1C(=O)NCC[C@@H](C)N1CCC(N(Cc2cccnc2)C(=O)C2(C)CCOCC2)CC1. The van der Waals surface area contributed by atoms with Gasteiger partial charge < -0.3 is 19.9 Å². The Kier molecular flexibility index (Phi) is 9.96. The lowest BCUT2D eigenvalue weighted by Crippen LogP contribution is -2.53. The number of halogens is 1. The molecule has 2 fully saturated rings. The van der Waals surface area contributed by atoms with Gasteiger partial charge in [0, 0.05) is 63.9 Å². The molecule has 2 aliphatic heterocycles. The molecular weight excluding hydrogens is 514 g/mol. The van der Waals surface area contributed by atoms with Crippen molar-refractivity contribution in [1.82, 2.24) is 25.1 Å². The molecule has 0 spiro atoms. The van der Waals surface area contributed by atoms with Crippen molar-refractivity contribution >= 4 is 23.4 Å². The molecule has 2 aliphatic rings. The van der Waals surface area contributed by atoms with Gasteiger partial charge in [0.15, 0.2) is 0 Å². The van der Waals surface area contributed by atoms with Crippen molar-refractivity contribution in [3.8, 4) is 0 Å². The number of likely N-dealkylation sites (tertiary alicyclic amines) is 1. The molecule has 2 amide bonds. The van der Waals surface area contributed by atoms with Gasteiger partial charge >= 0.3 is 0 Å². The van der Waals surface area contributed by atoms with Gasteiger partial charge in [-0.05, 0) is 76.1 Å². The van der Waals surface area contributed by atoms with Crippen molar-refractivity contribution in [3.63, 3.8) is 0 Å². The average Bonchev–Trinajstić information content (AvgIpc) is 2.92. The molecule has 39 heavy (non-hydrogen) atoms. The highest BCUT2D eigenvalue weighted by atomic mass is 35.5. The van der Waals surface area contributed by atoms with Gasteiger partial charge in [-0.25, -0.2) is 4.98 Å². The Morgan fingerprint density at radius 2 is 1.97 bits per heavy atom. The van der Waals surface area contributed by atoms with E-state index in [-0.39, 0.29) is 23.3 Å². The number of nitrogens with one attached hydrogen (secondary N) is 1. The summed E-state index contributed by atoms with van der Waals surface area (Å²) in [5, 5.41) is 3.47. The fourth-order valence-electron chi connectivity index (χ4n) is 5.87. The second kappa shape index (κ2) is 13.2. The van der Waals surface area contributed by atoms with Crippen LogP contribution in [0.4, 0.5) is 0 Å². The molecule has 0 unspecified atom stereocenters. The summed E-state index contributed by atoms with van der Waals surface area (Å²) in [6, 6.07) is 6.23. The Labute approximate surface area is 237 Å². The molecule has 212 valence electrons. The van der Waals surface area contributed by atoms with Gasteiger partial charge in [0.25, 0.3) is 5.91 Å². The highest BCUT2D eigenvalue weighted by Crippen LogP contribution is 2.35. The van der Waals surface area contributed by atoms with Crippen molar-refractivity contribution in [1.29, 1.82) is 0 Å². The maximum Gasteiger partial charge on any atom is 0.253 e. The number of nitrogens with zero attached hydrogens (tertiary/aromatic N) is 4. The normalized spacial score (nSPS) is 18.9. The Balaban J connectivity index is 1.32. The molecule has 2 aromatic rings. The maximum absolute atomic E-state index is 13.9. The van der Waals surface area contributed by atoms with Gasteiger partial charge in [0.1, 0.15) is 5.15 Å². The smallest absolute Gasteiger partial charge is 0.253 e. The molecule has 0 saturated carbocycles. The molecule has 2 saturated heterocycles. The summed E-state index contributed by atoms with van der Waals surface area (Å²) < 4.78 is 5.57. The number of carbonyl (C=O) groups excluding carboxylic acids is 2. The first kappa shape index (κ1) is 29.4. The van der Waals surface area contributed by atoms with E-state index in [1.54, 1.807) is 12.3 Å². The predicted octanol–water partition coefficient (Wildman–Crippen LogP) is 4.57. The van der Waals surface area contributed by atoms with E-state index < -0.39 is 0 Å². The summed E-state index contributed by atoms with van der Waals surface area (Å²) in [7, 11) is 0. The van der Waals surface area contributed by atoms with Gasteiger partial charge in [-0.2, -0.15) is 0 Å². The van der Waals surface area contributed by atoms with Crippen LogP contribution in [0.5, 0.6) is 0 Å². The maximum atomic E-state index is 13.9. The number of pyridine rings is 2. The predicted molar refractivity (Wildman–Crippen MR) is 153 cm³/mol. The van der Waals surface area contributed by atoms with Crippen LogP contribution in [-0.4, -0.2) is 76.5 Å². The molecule has 0 aromatic carbocycles. The van der Waals surface area contributed by atoms with E-state index in [0.29, 0.717) is 48.8 Å². The van der Waals surface area contributed by atoms with Gasteiger partial charge in [-0.3, -0.25) is 14.6 Å². The zero-order chi connectivity index (χ0) is 28.0. The Morgan fingerprint density at radius 1 is 1.26 bits per heavy atom. The minimum absolute atomic E-state index is 0.105. The van der Waals surface area contributed by atoms with Crippen molar-refractivity contribution in [2.75, 3.05) is 32.8 Å². The first-order chi connectivity index (χ1) is 18.7. The molecule has 0 aliphatic carbocycles. The van der Waals surface area contributed by atoms with Crippen molar-refractivity contribution in [2.24, 2.45) is 5.41 Å². The van der Waals surface area contributed by atoms with E-state index in [9.17, 15) is 9.59 Å². The molecule has 2 aromatic heterocycles. The van der Waals surface area contributed by atoms with E-state index >= 15 is 0 Å². The number of carbonyl (C=O) groups is 2. The molecule has 4 heterocycles. The van der Waals surface area contributed by atoms with Gasteiger partial charge in [0.05, 0.1) is 16.7 Å². The van der Waals surface area contributed by atoms with Gasteiger partial charge in [-0.1, -0.05) is 24.6 Å². The van der Waals surface area contributed by atoms with Crippen LogP contribution >= 0.6 is 11.6 Å². The average molecular weight is 556 g/mol. The number of rotatable bonds is 9. The van der Waals surface area contributed by atoms with Gasteiger partial charge in [0.2, 0.25) is 5.91 Å². The molecule has 9 heteroatoms. The van der Waals surface area contributed by atoms with Crippen LogP contribution < -0.4 is 5.32 Å². The summed E-state index contributed by atoms with van der Waals surface area (Å²) in [5.41, 5.74) is 2.77. The second-order valence-corrected chi connectivity index (χ2v) is 11.7. The molecular formula is C30H42ClN5O3. The highest BCUT2D eigenvalue weighted by molar-refractivity contribution is 6.29. The third-order valence-electron chi connectivity index (χ3n) is 8.45. The molecule has 1 N–H and O–H groups in total. The van der Waals surface area contributed by atoms with Crippen molar-refractivity contribution in [2.45, 2.75) is 78.4 Å². The quantitative estimate of drug-likeness (QED) is 0.456. The number of aryl methyl sites for hydroxylation is 2. The molecule has 0 radical (unpaired) electrons. The number of piperidine rings is 1. The van der Waals surface area contributed by atoms with E-state index in [0.717, 1.165) is 56.3 Å². The van der Waals surface area contributed by atoms with Crippen LogP contribution in [0.1, 0.15) is 73.1 Å². The lowest BCUT2D eigenvalue weighted by molar-refractivity contribution is -0.151. The third-order valence-corrected chi connectivity index (χ3v) is 8.65. The fourth-order valence-corrected chi connectivity index (χ4v) is 6.16. The standard InChI is InChI=1S/C30H42ClN5O3/c1-21-18-26(31)34-23(3)27(21)28(37)33-13-7-22(2)35-14-8-25(9-15-35)36(20-24-6-5-12-32-19-24)29(38)30(4)10-16-39-17-11-30/h5-6,12,18-19,22,25H,7-11,13-17,20H2,1-4H3,(H,33,37)/t22-/m1/s1. The summed E-state index contributed by atoms with van der Waals surface area (Å²) >= 11 is 6.01. The minimum atomic E-state index is -0.376. The van der Waals surface area contributed by atoms with E-state index in [2.05, 4.69) is 38.9 Å². The first-order valence-corrected chi connectivity index (χ1v) is 14.5. The summed E-state index contributed by atoms with van der Waals surface area (Å²) in [4.78, 5) is 39.8. The monoisotopic (exact) mass is 555 g/mol. The zero-order valence-electron chi connectivity index (χ0n) is 23.7. The number of amides is 2. The van der Waals surface area contributed by atoms with Crippen LogP contribution in [0.25, 0.3) is 0 Å². The summed E-state index contributed by atoms with van der Waals surface area (Å²) in [6.07, 6.45) is 7.89. The number of aromatic nitrogens is 2. The van der Waals surface area contributed by atoms with Crippen molar-refractivity contribution < 1.29 is 14.3 Å². The topological polar surface area (TPSA) is 87.7 Å². The molecule has 4 rings (SSSR count). The number of hydrogen-bond donors (Lipinski definition) is 1. The Hall–Kier alpha value is -2.55. The Bertz CT molecular complexity index is 1110. The lowest BCUT2D eigenvalue weighted by Gasteiger charge is -2.44. The van der Waals surface area contributed by atoms with E-state index in [4.69, 9.17) is 16.3 Å². The minimum Gasteiger partial charge on any atom is -0.381 e. The van der Waals surface area contributed by atoms with E-state index in [1.165, 1.54) is 0 Å². The summed E-state index contributed by atoms with van der Waals surface area (Å²) in [6.45, 7) is 12.3. The van der Waals surface area contributed by atoms with Crippen LogP contribution in [0.2, 0.25) is 5.15 Å². The van der Waals surface area contributed by atoms with Crippen LogP contribution in [0.3, 0.4) is 0 Å². The number of ether oxygens (including phenoxy) is 1. The fraction of sp³-hybridized carbons (Fsp3) is 0.600. The number of hydrogen-bond acceptors (Lipinski definition) is 6. The van der Waals surface area contributed by atoms with E-state index in [1.807, 2.05) is 32.2 Å². The molecule has 1 atom stereocenters. The zero-order valence-corrected chi connectivity index (χ0v) is 24.5. The Morgan fingerprint density at radius 3 is 2.62 bits per heavy atom. The lowest BCUT2D eigenvalue weighted by atomic mass is 9.80. The van der Waals surface area contributed by atoms with Crippen LogP contribution in [0.15, 0.2) is 30.6 Å². The van der Waals surface area contributed by atoms with Gasteiger partial charge in [-0.15, -0.1) is 0 Å². The van der Waals surface area contributed by atoms with Crippen molar-refractivity contribution in [3.05, 3.63) is 58.1 Å². The van der Waals surface area contributed by atoms with Crippen LogP contribution in [-0.2, 0) is 16.1 Å². The van der Waals surface area contributed by atoms with Crippen LogP contribution in [0, 0.1) is 19.3 Å². The largest absolute Gasteiger partial charge is 0.381 e. The summed E-state index contributed by atoms with van der Waals surface area (Å²) in [5.74, 6) is 0.136. The highest BCUT2D eigenvalue weighted by Gasteiger charge is 2.41. The third kappa shape index (κ3) is 7.35. The molecule has 8 nitrogen and oxygen atoms in total. The first-order valence-electron chi connectivity index (χ1n) is 14.1. The molecule has 0 bridgehead atoms. The second-order valence-electron chi connectivity index (χ2n) is 11.4.